The Morgan fingerprint density at radius 1 is 0.714 bits per heavy atom. The van der Waals surface area contributed by atoms with Crippen LogP contribution in [-0.4, -0.2) is 9.97 Å². The van der Waals surface area contributed by atoms with E-state index in [9.17, 15) is 0 Å². The molecule has 0 aliphatic heterocycles. The molecule has 4 heteroatoms. The van der Waals surface area contributed by atoms with Crippen LogP contribution >= 0.6 is 11.3 Å². The summed E-state index contributed by atoms with van der Waals surface area (Å²) in [6, 6.07) is 48.8. The zero-order valence-electron chi connectivity index (χ0n) is 30.9. The zero-order chi connectivity index (χ0) is 35.8. The summed E-state index contributed by atoms with van der Waals surface area (Å²) in [5.74, 6) is -0.798. The second-order valence-corrected chi connectivity index (χ2v) is 14.0. The normalized spacial score (nSPS) is 13.8. The van der Waals surface area contributed by atoms with E-state index in [0.717, 1.165) is 33.6 Å². The summed E-state index contributed by atoms with van der Waals surface area (Å²) in [6.45, 7) is 7.69. The molecule has 3 heterocycles. The quantitative estimate of drug-likeness (QED) is 0.161. The maximum atomic E-state index is 8.73. The molecule has 0 spiro atoms. The standard InChI is InChI=1S/C26H22NS.C19H16N.Ir/c1-26(2,3)16-17-12-13-27-22(14-17)19-9-10-23-21(15-19)25-20-7-5-4-6-18(20)8-11-24(25)28-23;1-15(16-8-4-2-5-9-16)18-12-13-20-19(14-18)17-10-6-3-7-11-17;/h4-8,10-15H,16H2,1-3H3;2-10,12-15H,1H3;/q2*-1;/i16D2;15D;. The van der Waals surface area contributed by atoms with Crippen LogP contribution in [0, 0.1) is 17.5 Å². The fourth-order valence-corrected chi connectivity index (χ4v) is 7.03. The van der Waals surface area contributed by atoms with Crippen LogP contribution < -0.4 is 0 Å². The first kappa shape index (κ1) is 30.6. The predicted octanol–water partition coefficient (Wildman–Crippen LogP) is 12.4. The van der Waals surface area contributed by atoms with Gasteiger partial charge in [0, 0.05) is 47.2 Å². The van der Waals surface area contributed by atoms with Crippen molar-refractivity contribution in [1.29, 1.82) is 0 Å². The number of hydrogen-bond acceptors (Lipinski definition) is 3. The number of aromatic nitrogens is 2. The number of pyridine rings is 2. The van der Waals surface area contributed by atoms with Crippen molar-refractivity contribution in [2.24, 2.45) is 5.41 Å². The van der Waals surface area contributed by atoms with Gasteiger partial charge in [0.25, 0.3) is 0 Å². The number of benzene rings is 5. The van der Waals surface area contributed by atoms with E-state index in [-0.39, 0.29) is 20.1 Å². The molecule has 49 heavy (non-hydrogen) atoms. The SMILES string of the molecule is [2H]C(C)(c1ccccc1)c1ccnc(-c2[c-]cccc2)c1.[2H]C([2H])(c1ccnc(-c2[c-]cc3sc4ccc5ccccc5c4c3c2)c1)C(C)(C)C.[Ir]. The van der Waals surface area contributed by atoms with Gasteiger partial charge in [-0.05, 0) is 73.4 Å². The molecule has 0 saturated heterocycles. The third-order valence-electron chi connectivity index (χ3n) is 8.23. The Bertz CT molecular complexity index is 2470. The molecule has 0 bridgehead atoms. The van der Waals surface area contributed by atoms with E-state index in [1.807, 2.05) is 107 Å². The van der Waals surface area contributed by atoms with Crippen molar-refractivity contribution in [3.63, 3.8) is 0 Å². The van der Waals surface area contributed by atoms with E-state index < -0.39 is 17.7 Å². The molecule has 0 aliphatic carbocycles. The predicted molar refractivity (Wildman–Crippen MR) is 205 cm³/mol. The molecule has 0 fully saturated rings. The molecular formula is C45H38IrN2S-2. The minimum absolute atomic E-state index is 0. The van der Waals surface area contributed by atoms with Crippen molar-refractivity contribution in [1.82, 2.24) is 9.97 Å². The first-order valence-electron chi connectivity index (χ1n) is 17.7. The molecule has 8 aromatic rings. The molecule has 1 unspecified atom stereocenters. The Balaban J connectivity index is 0.000000186. The van der Waals surface area contributed by atoms with Gasteiger partial charge in [0.1, 0.15) is 0 Å². The van der Waals surface area contributed by atoms with Crippen molar-refractivity contribution in [3.05, 3.63) is 169 Å². The average Bonchev–Trinajstić information content (AvgIpc) is 3.54. The van der Waals surface area contributed by atoms with Gasteiger partial charge in [-0.2, -0.15) is 11.3 Å². The summed E-state index contributed by atoms with van der Waals surface area (Å²) in [7, 11) is 0. The Morgan fingerprint density at radius 3 is 2.22 bits per heavy atom. The summed E-state index contributed by atoms with van der Waals surface area (Å²) in [5, 5.41) is 4.96. The minimum Gasteiger partial charge on any atom is -0.305 e. The number of rotatable bonds is 5. The zero-order valence-corrected chi connectivity index (χ0v) is 31.1. The van der Waals surface area contributed by atoms with Gasteiger partial charge >= 0.3 is 0 Å². The van der Waals surface area contributed by atoms with Crippen molar-refractivity contribution < 1.29 is 24.2 Å². The minimum atomic E-state index is -1.46. The fourth-order valence-electron chi connectivity index (χ4n) is 5.95. The van der Waals surface area contributed by atoms with Gasteiger partial charge in [-0.3, -0.25) is 0 Å². The summed E-state index contributed by atoms with van der Waals surface area (Å²) < 4.78 is 28.4. The second-order valence-electron chi connectivity index (χ2n) is 12.9. The molecule has 0 amide bonds. The molecule has 1 atom stereocenters. The third kappa shape index (κ3) is 7.89. The topological polar surface area (TPSA) is 25.8 Å². The van der Waals surface area contributed by atoms with Gasteiger partial charge in [0.15, 0.2) is 0 Å². The Morgan fingerprint density at radius 2 is 1.45 bits per heavy atom. The molecule has 8 rings (SSSR count). The van der Waals surface area contributed by atoms with Crippen LogP contribution in [0.4, 0.5) is 0 Å². The molecule has 245 valence electrons. The van der Waals surface area contributed by atoms with Crippen LogP contribution in [0.3, 0.4) is 0 Å². The molecule has 2 nitrogen and oxygen atoms in total. The maximum Gasteiger partial charge on any atom is 0.0399 e. The van der Waals surface area contributed by atoms with Crippen molar-refractivity contribution in [2.75, 3.05) is 0 Å². The number of nitrogens with zero attached hydrogens (tertiary/aromatic N) is 2. The van der Waals surface area contributed by atoms with Crippen molar-refractivity contribution >= 4 is 42.3 Å². The van der Waals surface area contributed by atoms with E-state index in [2.05, 4.69) is 64.6 Å². The number of fused-ring (bicyclic) bond motifs is 5. The van der Waals surface area contributed by atoms with Gasteiger partial charge < -0.3 is 9.97 Å². The summed E-state index contributed by atoms with van der Waals surface area (Å²) in [5.41, 5.74) is 5.47. The van der Waals surface area contributed by atoms with Crippen molar-refractivity contribution in [2.45, 2.75) is 40.0 Å². The number of thiophene rings is 1. The first-order chi connectivity index (χ1) is 24.4. The summed E-state index contributed by atoms with van der Waals surface area (Å²) in [4.78, 5) is 8.95. The first-order valence-corrected chi connectivity index (χ1v) is 17.0. The molecule has 0 N–H and O–H groups in total. The van der Waals surface area contributed by atoms with Gasteiger partial charge in [-0.25, -0.2) is 0 Å². The number of hydrogen-bond donors (Lipinski definition) is 0. The van der Waals surface area contributed by atoms with E-state index in [1.54, 1.807) is 29.8 Å². The van der Waals surface area contributed by atoms with Crippen LogP contribution in [0.1, 0.15) is 54.4 Å². The molecule has 0 aliphatic rings. The van der Waals surface area contributed by atoms with Gasteiger partial charge in [0.2, 0.25) is 0 Å². The summed E-state index contributed by atoms with van der Waals surface area (Å²) in [6.07, 6.45) is 2.01. The maximum absolute atomic E-state index is 8.73. The molecule has 1 radical (unpaired) electrons. The van der Waals surface area contributed by atoms with E-state index in [0.29, 0.717) is 5.56 Å². The van der Waals surface area contributed by atoms with Crippen LogP contribution in [0.15, 0.2) is 140 Å². The van der Waals surface area contributed by atoms with Crippen LogP contribution in [0.2, 0.25) is 0 Å². The molecule has 3 aromatic heterocycles. The Labute approximate surface area is 311 Å². The van der Waals surface area contributed by atoms with E-state index in [4.69, 9.17) is 4.11 Å². The largest absolute Gasteiger partial charge is 0.305 e. The van der Waals surface area contributed by atoms with Gasteiger partial charge in [0.05, 0.1) is 0 Å². The Kier molecular flexibility index (Phi) is 9.34. The van der Waals surface area contributed by atoms with E-state index >= 15 is 0 Å². The van der Waals surface area contributed by atoms with Gasteiger partial charge in [-0.15, -0.1) is 59.7 Å². The average molecular weight is 834 g/mol. The fraction of sp³-hybridized carbons (Fsp3) is 0.156. The third-order valence-corrected chi connectivity index (χ3v) is 9.35. The molecule has 0 saturated carbocycles. The van der Waals surface area contributed by atoms with E-state index in [1.165, 1.54) is 30.9 Å². The van der Waals surface area contributed by atoms with Gasteiger partial charge in [-0.1, -0.05) is 111 Å². The molecule has 5 aromatic carbocycles. The smallest absolute Gasteiger partial charge is 0.0399 e. The monoisotopic (exact) mass is 834 g/mol. The van der Waals surface area contributed by atoms with Crippen LogP contribution in [0.5, 0.6) is 0 Å². The second kappa shape index (κ2) is 15.0. The molecular weight excluding hydrogens is 793 g/mol. The van der Waals surface area contributed by atoms with Crippen molar-refractivity contribution in [3.8, 4) is 22.5 Å². The Hall–Kier alpha value is -4.47. The van der Waals surface area contributed by atoms with Crippen LogP contribution in [0.25, 0.3) is 53.5 Å². The summed E-state index contributed by atoms with van der Waals surface area (Å²) >= 11 is 1.78. The van der Waals surface area contributed by atoms with Crippen LogP contribution in [-0.2, 0) is 26.5 Å².